The minimum Gasteiger partial charge on any atom is -0.461 e. The van der Waals surface area contributed by atoms with Gasteiger partial charge in [-0.15, -0.1) is 11.3 Å². The fourth-order valence-corrected chi connectivity index (χ4v) is 3.21. The van der Waals surface area contributed by atoms with Crippen molar-refractivity contribution in [2.75, 3.05) is 19.7 Å². The number of ether oxygens (including phenoxy) is 2. The molecule has 98 valence electrons. The van der Waals surface area contributed by atoms with Crippen molar-refractivity contribution in [1.82, 2.24) is 9.88 Å². The van der Waals surface area contributed by atoms with Gasteiger partial charge in [0.25, 0.3) is 0 Å². The van der Waals surface area contributed by atoms with Gasteiger partial charge in [-0.2, -0.15) is 0 Å². The van der Waals surface area contributed by atoms with Crippen molar-refractivity contribution in [3.05, 3.63) is 16.6 Å². The molecule has 0 amide bonds. The van der Waals surface area contributed by atoms with Gasteiger partial charge in [0.15, 0.2) is 0 Å². The molecule has 2 saturated heterocycles. The van der Waals surface area contributed by atoms with Crippen LogP contribution in [-0.2, 0) is 14.3 Å². The molecule has 3 atom stereocenters. The normalized spacial score (nSPS) is 33.6. The molecule has 1 aromatic rings. The van der Waals surface area contributed by atoms with Gasteiger partial charge in [0, 0.05) is 31.1 Å². The standard InChI is InChI=1S/C12H16N2O3S/c1-8-6-9(12(15)17-8)14-3-4-16-10(7-14)11-13-2-5-18-11/h2,5,8-10H,3-4,6-7H2,1H3/t8-,9-,10-/m1/s1. The molecule has 3 heterocycles. The number of nitrogens with zero attached hydrogens (tertiary/aromatic N) is 2. The number of hydrogen-bond acceptors (Lipinski definition) is 6. The molecule has 0 bridgehead atoms. The van der Waals surface area contributed by atoms with E-state index in [0.717, 1.165) is 24.5 Å². The van der Waals surface area contributed by atoms with Crippen molar-refractivity contribution in [3.8, 4) is 0 Å². The second kappa shape index (κ2) is 4.95. The van der Waals surface area contributed by atoms with E-state index in [0.29, 0.717) is 6.61 Å². The molecule has 1 aromatic heterocycles. The van der Waals surface area contributed by atoms with Crippen molar-refractivity contribution in [2.24, 2.45) is 0 Å². The summed E-state index contributed by atoms with van der Waals surface area (Å²) in [5.74, 6) is -0.0951. The summed E-state index contributed by atoms with van der Waals surface area (Å²) in [5, 5.41) is 2.93. The number of morpholine rings is 1. The Kier molecular flexibility index (Phi) is 3.32. The lowest BCUT2D eigenvalue weighted by Gasteiger charge is -2.34. The highest BCUT2D eigenvalue weighted by Gasteiger charge is 2.39. The molecular weight excluding hydrogens is 252 g/mol. The number of carbonyl (C=O) groups excluding carboxylic acids is 1. The van der Waals surface area contributed by atoms with Crippen molar-refractivity contribution in [3.63, 3.8) is 0 Å². The Hall–Kier alpha value is -0.980. The van der Waals surface area contributed by atoms with Crippen LogP contribution in [0.3, 0.4) is 0 Å². The SMILES string of the molecule is C[C@@H]1C[C@@H](N2CCO[C@@H](c3nccs3)C2)C(=O)O1. The van der Waals surface area contributed by atoms with Crippen LogP contribution in [0.4, 0.5) is 0 Å². The first kappa shape index (κ1) is 12.1. The van der Waals surface area contributed by atoms with Gasteiger partial charge >= 0.3 is 5.97 Å². The average Bonchev–Trinajstić information content (AvgIpc) is 2.99. The maximum atomic E-state index is 11.8. The van der Waals surface area contributed by atoms with Crippen LogP contribution in [0.1, 0.15) is 24.5 Å². The lowest BCUT2D eigenvalue weighted by Crippen LogP contribution is -2.46. The lowest BCUT2D eigenvalue weighted by molar-refractivity contribution is -0.147. The second-order valence-corrected chi connectivity index (χ2v) is 5.65. The smallest absolute Gasteiger partial charge is 0.323 e. The van der Waals surface area contributed by atoms with E-state index in [9.17, 15) is 4.79 Å². The third kappa shape index (κ3) is 2.28. The van der Waals surface area contributed by atoms with Crippen LogP contribution in [0.25, 0.3) is 0 Å². The summed E-state index contributed by atoms with van der Waals surface area (Å²) in [5.41, 5.74) is 0. The zero-order valence-electron chi connectivity index (χ0n) is 10.2. The van der Waals surface area contributed by atoms with Crippen molar-refractivity contribution in [2.45, 2.75) is 31.6 Å². The zero-order valence-corrected chi connectivity index (χ0v) is 11.1. The molecule has 0 aliphatic carbocycles. The molecule has 0 N–H and O–H groups in total. The van der Waals surface area contributed by atoms with Crippen LogP contribution < -0.4 is 0 Å². The van der Waals surface area contributed by atoms with Crippen LogP contribution >= 0.6 is 11.3 Å². The van der Waals surface area contributed by atoms with E-state index in [4.69, 9.17) is 9.47 Å². The Morgan fingerprint density at radius 3 is 3.11 bits per heavy atom. The molecule has 5 nitrogen and oxygen atoms in total. The number of rotatable bonds is 2. The Morgan fingerprint density at radius 1 is 1.56 bits per heavy atom. The van der Waals surface area contributed by atoms with Gasteiger partial charge in [0.2, 0.25) is 0 Å². The summed E-state index contributed by atoms with van der Waals surface area (Å²) in [7, 11) is 0. The molecular formula is C12H16N2O3S. The molecule has 3 rings (SSSR count). The summed E-state index contributed by atoms with van der Waals surface area (Å²) in [6.45, 7) is 4.09. The quantitative estimate of drug-likeness (QED) is 0.755. The van der Waals surface area contributed by atoms with E-state index in [1.165, 1.54) is 0 Å². The van der Waals surface area contributed by atoms with E-state index in [2.05, 4.69) is 9.88 Å². The number of esters is 1. The molecule has 0 radical (unpaired) electrons. The fourth-order valence-electron chi connectivity index (χ4n) is 2.53. The van der Waals surface area contributed by atoms with Gasteiger partial charge in [-0.25, -0.2) is 4.98 Å². The summed E-state index contributed by atoms with van der Waals surface area (Å²) in [6.07, 6.45) is 2.59. The zero-order chi connectivity index (χ0) is 12.5. The van der Waals surface area contributed by atoms with Crippen molar-refractivity contribution in [1.29, 1.82) is 0 Å². The number of thiazole rings is 1. The summed E-state index contributed by atoms with van der Waals surface area (Å²) >= 11 is 1.60. The Bertz CT molecular complexity index is 423. The van der Waals surface area contributed by atoms with Crippen LogP contribution in [0.2, 0.25) is 0 Å². The highest BCUT2D eigenvalue weighted by Crippen LogP contribution is 2.28. The molecule has 2 aliphatic heterocycles. The Labute approximate surface area is 110 Å². The third-order valence-corrected chi connectivity index (χ3v) is 4.28. The minimum atomic E-state index is -0.105. The summed E-state index contributed by atoms with van der Waals surface area (Å²) < 4.78 is 10.9. The predicted octanol–water partition coefficient (Wildman–Crippen LogP) is 1.22. The minimum absolute atomic E-state index is 0.0116. The van der Waals surface area contributed by atoms with E-state index in [1.807, 2.05) is 12.3 Å². The van der Waals surface area contributed by atoms with Gasteiger partial charge in [0.1, 0.15) is 23.3 Å². The molecule has 0 spiro atoms. The van der Waals surface area contributed by atoms with E-state index >= 15 is 0 Å². The maximum Gasteiger partial charge on any atom is 0.323 e. The third-order valence-electron chi connectivity index (χ3n) is 3.41. The highest BCUT2D eigenvalue weighted by atomic mass is 32.1. The summed E-state index contributed by atoms with van der Waals surface area (Å²) in [4.78, 5) is 18.2. The lowest BCUT2D eigenvalue weighted by atomic mass is 10.1. The summed E-state index contributed by atoms with van der Waals surface area (Å²) in [6, 6.07) is -0.105. The average molecular weight is 268 g/mol. The van der Waals surface area contributed by atoms with Crippen LogP contribution in [0.15, 0.2) is 11.6 Å². The largest absolute Gasteiger partial charge is 0.461 e. The van der Waals surface area contributed by atoms with Gasteiger partial charge in [-0.05, 0) is 6.92 Å². The topological polar surface area (TPSA) is 51.7 Å². The molecule has 18 heavy (non-hydrogen) atoms. The first-order valence-electron chi connectivity index (χ1n) is 6.19. The fraction of sp³-hybridized carbons (Fsp3) is 0.667. The number of carbonyl (C=O) groups is 1. The van der Waals surface area contributed by atoms with Gasteiger partial charge in [-0.1, -0.05) is 0 Å². The van der Waals surface area contributed by atoms with Crippen LogP contribution in [-0.4, -0.2) is 47.7 Å². The van der Waals surface area contributed by atoms with Crippen molar-refractivity contribution < 1.29 is 14.3 Å². The van der Waals surface area contributed by atoms with Crippen LogP contribution in [0.5, 0.6) is 0 Å². The monoisotopic (exact) mass is 268 g/mol. The Balaban J connectivity index is 1.69. The maximum absolute atomic E-state index is 11.8. The number of cyclic esters (lactones) is 1. The first-order valence-corrected chi connectivity index (χ1v) is 7.07. The molecule has 0 unspecified atom stereocenters. The first-order chi connectivity index (χ1) is 8.74. The molecule has 2 fully saturated rings. The van der Waals surface area contributed by atoms with Gasteiger partial charge in [-0.3, -0.25) is 9.69 Å². The predicted molar refractivity (Wildman–Crippen MR) is 66.3 cm³/mol. The van der Waals surface area contributed by atoms with E-state index < -0.39 is 0 Å². The number of aromatic nitrogens is 1. The molecule has 2 aliphatic rings. The molecule has 0 saturated carbocycles. The van der Waals surface area contributed by atoms with Crippen molar-refractivity contribution >= 4 is 17.3 Å². The van der Waals surface area contributed by atoms with E-state index in [-0.39, 0.29) is 24.2 Å². The van der Waals surface area contributed by atoms with E-state index in [1.54, 1.807) is 17.5 Å². The Morgan fingerprint density at radius 2 is 2.44 bits per heavy atom. The number of hydrogen-bond donors (Lipinski definition) is 0. The molecule has 6 heteroatoms. The highest BCUT2D eigenvalue weighted by molar-refractivity contribution is 7.09. The second-order valence-electron chi connectivity index (χ2n) is 4.72. The molecule has 0 aromatic carbocycles. The van der Waals surface area contributed by atoms with Gasteiger partial charge in [0.05, 0.1) is 6.61 Å². The van der Waals surface area contributed by atoms with Gasteiger partial charge < -0.3 is 9.47 Å². The van der Waals surface area contributed by atoms with Crippen LogP contribution in [0, 0.1) is 0 Å².